The predicted molar refractivity (Wildman–Crippen MR) is 71.7 cm³/mol. The van der Waals surface area contributed by atoms with E-state index >= 15 is 0 Å². The first kappa shape index (κ1) is 11.3. The largest absolute Gasteiger partial charge is 0.361 e. The molecule has 1 saturated heterocycles. The van der Waals surface area contributed by atoms with Gasteiger partial charge in [-0.1, -0.05) is 6.07 Å². The number of fused-ring (bicyclic) bond motifs is 1. The van der Waals surface area contributed by atoms with Crippen LogP contribution in [0.3, 0.4) is 0 Å². The molecule has 2 heterocycles. The second kappa shape index (κ2) is 4.46. The van der Waals surface area contributed by atoms with Gasteiger partial charge in [0.1, 0.15) is 0 Å². The SMILES string of the molecule is CC1CN(C(=O)c2ccc3cc[nH]c3c2)CCN1. The lowest BCUT2D eigenvalue weighted by molar-refractivity contribution is 0.0709. The lowest BCUT2D eigenvalue weighted by Crippen LogP contribution is -2.51. The molecule has 0 aliphatic carbocycles. The highest BCUT2D eigenvalue weighted by Gasteiger charge is 2.21. The summed E-state index contributed by atoms with van der Waals surface area (Å²) in [7, 11) is 0. The number of hydrogen-bond donors (Lipinski definition) is 2. The third-order valence-electron chi connectivity index (χ3n) is 3.46. The zero-order valence-corrected chi connectivity index (χ0v) is 10.4. The third-order valence-corrected chi connectivity index (χ3v) is 3.46. The fraction of sp³-hybridized carbons (Fsp3) is 0.357. The molecule has 1 unspecified atom stereocenters. The van der Waals surface area contributed by atoms with Crippen molar-refractivity contribution >= 4 is 16.8 Å². The van der Waals surface area contributed by atoms with Crippen LogP contribution in [0.25, 0.3) is 10.9 Å². The number of nitrogens with zero attached hydrogens (tertiary/aromatic N) is 1. The number of rotatable bonds is 1. The van der Waals surface area contributed by atoms with Crippen LogP contribution in [-0.4, -0.2) is 41.5 Å². The second-order valence-electron chi connectivity index (χ2n) is 4.89. The van der Waals surface area contributed by atoms with Gasteiger partial charge in [0.05, 0.1) is 0 Å². The molecular weight excluding hydrogens is 226 g/mol. The molecule has 1 aliphatic rings. The molecule has 1 fully saturated rings. The summed E-state index contributed by atoms with van der Waals surface area (Å²) >= 11 is 0. The number of nitrogens with one attached hydrogen (secondary N) is 2. The molecule has 0 bridgehead atoms. The molecule has 4 heteroatoms. The van der Waals surface area contributed by atoms with Crippen LogP contribution in [0.2, 0.25) is 0 Å². The van der Waals surface area contributed by atoms with Gasteiger partial charge in [0.25, 0.3) is 5.91 Å². The number of hydrogen-bond acceptors (Lipinski definition) is 2. The smallest absolute Gasteiger partial charge is 0.254 e. The van der Waals surface area contributed by atoms with E-state index in [1.54, 1.807) is 0 Å². The Morgan fingerprint density at radius 1 is 1.39 bits per heavy atom. The van der Waals surface area contributed by atoms with E-state index in [1.165, 1.54) is 0 Å². The minimum Gasteiger partial charge on any atom is -0.361 e. The molecule has 2 N–H and O–H groups in total. The molecule has 1 amide bonds. The summed E-state index contributed by atoms with van der Waals surface area (Å²) in [5.74, 6) is 0.125. The van der Waals surface area contributed by atoms with E-state index in [0.29, 0.717) is 6.04 Å². The number of amides is 1. The minimum atomic E-state index is 0.125. The summed E-state index contributed by atoms with van der Waals surface area (Å²) < 4.78 is 0. The Morgan fingerprint density at radius 3 is 3.11 bits per heavy atom. The van der Waals surface area contributed by atoms with E-state index in [1.807, 2.05) is 35.4 Å². The maximum Gasteiger partial charge on any atom is 0.254 e. The Balaban J connectivity index is 1.86. The Bertz CT molecular complexity index is 575. The van der Waals surface area contributed by atoms with E-state index in [0.717, 1.165) is 36.1 Å². The van der Waals surface area contributed by atoms with E-state index in [2.05, 4.69) is 17.2 Å². The Hall–Kier alpha value is -1.81. The van der Waals surface area contributed by atoms with Crippen LogP contribution in [-0.2, 0) is 0 Å². The van der Waals surface area contributed by atoms with Gasteiger partial charge in [-0.25, -0.2) is 0 Å². The van der Waals surface area contributed by atoms with Gasteiger partial charge in [-0.2, -0.15) is 0 Å². The van der Waals surface area contributed by atoms with Crippen molar-refractivity contribution in [3.05, 3.63) is 36.0 Å². The molecule has 94 valence electrons. The second-order valence-corrected chi connectivity index (χ2v) is 4.89. The minimum absolute atomic E-state index is 0.125. The number of H-pyrrole nitrogens is 1. The lowest BCUT2D eigenvalue weighted by Gasteiger charge is -2.32. The van der Waals surface area contributed by atoms with Crippen LogP contribution in [0.5, 0.6) is 0 Å². The lowest BCUT2D eigenvalue weighted by atomic mass is 10.1. The number of carbonyl (C=O) groups is 1. The Morgan fingerprint density at radius 2 is 2.28 bits per heavy atom. The normalized spacial score (nSPS) is 20.3. The Kier molecular flexibility index (Phi) is 2.80. The van der Waals surface area contributed by atoms with Gasteiger partial charge in [-0.3, -0.25) is 4.79 Å². The highest BCUT2D eigenvalue weighted by Crippen LogP contribution is 2.16. The van der Waals surface area contributed by atoms with Crippen molar-refractivity contribution in [2.24, 2.45) is 0 Å². The third kappa shape index (κ3) is 1.99. The molecule has 4 nitrogen and oxygen atoms in total. The van der Waals surface area contributed by atoms with Crippen LogP contribution in [0.1, 0.15) is 17.3 Å². The van der Waals surface area contributed by atoms with Crippen molar-refractivity contribution in [1.82, 2.24) is 15.2 Å². The molecule has 1 aromatic carbocycles. The van der Waals surface area contributed by atoms with Crippen LogP contribution in [0.4, 0.5) is 0 Å². The fourth-order valence-electron chi connectivity index (χ4n) is 2.48. The summed E-state index contributed by atoms with van der Waals surface area (Å²) in [5.41, 5.74) is 1.78. The van der Waals surface area contributed by atoms with Crippen molar-refractivity contribution in [3.63, 3.8) is 0 Å². The number of aromatic amines is 1. The maximum absolute atomic E-state index is 12.4. The Labute approximate surface area is 106 Å². The van der Waals surface area contributed by atoms with E-state index < -0.39 is 0 Å². The van der Waals surface area contributed by atoms with Crippen molar-refractivity contribution < 1.29 is 4.79 Å². The van der Waals surface area contributed by atoms with Crippen LogP contribution in [0.15, 0.2) is 30.5 Å². The summed E-state index contributed by atoms with van der Waals surface area (Å²) in [6, 6.07) is 8.22. The summed E-state index contributed by atoms with van der Waals surface area (Å²) in [6.45, 7) is 4.54. The van der Waals surface area contributed by atoms with Crippen molar-refractivity contribution in [2.45, 2.75) is 13.0 Å². The number of carbonyl (C=O) groups excluding carboxylic acids is 1. The highest BCUT2D eigenvalue weighted by atomic mass is 16.2. The quantitative estimate of drug-likeness (QED) is 0.799. The monoisotopic (exact) mass is 243 g/mol. The molecule has 0 radical (unpaired) electrons. The van der Waals surface area contributed by atoms with Gasteiger partial charge < -0.3 is 15.2 Å². The molecule has 3 rings (SSSR count). The fourth-order valence-corrected chi connectivity index (χ4v) is 2.48. The van der Waals surface area contributed by atoms with Gasteiger partial charge in [-0.05, 0) is 30.5 Å². The molecule has 0 saturated carbocycles. The van der Waals surface area contributed by atoms with Crippen LogP contribution >= 0.6 is 0 Å². The summed E-state index contributed by atoms with van der Waals surface area (Å²) in [4.78, 5) is 17.5. The zero-order valence-electron chi connectivity index (χ0n) is 10.4. The van der Waals surface area contributed by atoms with E-state index in [9.17, 15) is 4.79 Å². The van der Waals surface area contributed by atoms with Gasteiger partial charge in [-0.15, -0.1) is 0 Å². The van der Waals surface area contributed by atoms with Gasteiger partial charge in [0.2, 0.25) is 0 Å². The zero-order chi connectivity index (χ0) is 12.5. The van der Waals surface area contributed by atoms with Crippen LogP contribution < -0.4 is 5.32 Å². The predicted octanol–water partition coefficient (Wildman–Crippen LogP) is 1.60. The van der Waals surface area contributed by atoms with Gasteiger partial charge >= 0.3 is 0 Å². The molecule has 0 spiro atoms. The van der Waals surface area contributed by atoms with Crippen molar-refractivity contribution in [2.75, 3.05) is 19.6 Å². The van der Waals surface area contributed by atoms with Crippen LogP contribution in [0, 0.1) is 0 Å². The van der Waals surface area contributed by atoms with Gasteiger partial charge in [0, 0.05) is 43.0 Å². The average Bonchev–Trinajstić information content (AvgIpc) is 2.85. The topological polar surface area (TPSA) is 48.1 Å². The molecule has 1 aliphatic heterocycles. The van der Waals surface area contributed by atoms with Gasteiger partial charge in [0.15, 0.2) is 0 Å². The first-order valence-corrected chi connectivity index (χ1v) is 6.34. The first-order valence-electron chi connectivity index (χ1n) is 6.34. The number of aromatic nitrogens is 1. The molecule has 1 atom stereocenters. The summed E-state index contributed by atoms with van der Waals surface area (Å²) in [5, 5.41) is 4.48. The van der Waals surface area contributed by atoms with Crippen molar-refractivity contribution in [1.29, 1.82) is 0 Å². The average molecular weight is 243 g/mol. The molecule has 2 aromatic rings. The molecule has 18 heavy (non-hydrogen) atoms. The highest BCUT2D eigenvalue weighted by molar-refractivity contribution is 5.98. The molecular formula is C14H17N3O. The maximum atomic E-state index is 12.4. The molecule has 1 aromatic heterocycles. The van der Waals surface area contributed by atoms with E-state index in [-0.39, 0.29) is 5.91 Å². The summed E-state index contributed by atoms with van der Waals surface area (Å²) in [6.07, 6.45) is 1.89. The standard InChI is InChI=1S/C14H17N3O/c1-10-9-17(7-6-15-10)14(18)12-3-2-11-4-5-16-13(11)8-12/h2-5,8,10,15-16H,6-7,9H2,1H3. The van der Waals surface area contributed by atoms with E-state index in [4.69, 9.17) is 0 Å². The van der Waals surface area contributed by atoms with Crippen molar-refractivity contribution in [3.8, 4) is 0 Å². The number of benzene rings is 1. The first-order chi connectivity index (χ1) is 8.74. The number of piperazine rings is 1.